The number of hydrogen-bond donors (Lipinski definition) is 2. The SMILES string of the molecule is CC(C)(O)CCC1(C(=O)O)CCOC1C1CC1. The summed E-state index contributed by atoms with van der Waals surface area (Å²) in [5.41, 5.74) is -1.57. The predicted octanol–water partition coefficient (Wildman–Crippen LogP) is 1.81. The Balaban J connectivity index is 2.11. The van der Waals surface area contributed by atoms with Crippen LogP contribution in [0.4, 0.5) is 0 Å². The zero-order valence-electron chi connectivity index (χ0n) is 10.6. The van der Waals surface area contributed by atoms with Crippen LogP contribution in [-0.2, 0) is 9.53 Å². The van der Waals surface area contributed by atoms with Crippen molar-refractivity contribution in [3.05, 3.63) is 0 Å². The van der Waals surface area contributed by atoms with Gasteiger partial charge in [-0.2, -0.15) is 0 Å². The van der Waals surface area contributed by atoms with Gasteiger partial charge in [0.1, 0.15) is 0 Å². The van der Waals surface area contributed by atoms with Gasteiger partial charge in [-0.05, 0) is 51.9 Å². The molecule has 1 saturated carbocycles. The standard InChI is InChI=1S/C13H22O4/c1-12(2,16)5-6-13(11(14)15)7-8-17-10(13)9-3-4-9/h9-10,16H,3-8H2,1-2H3,(H,14,15). The average Bonchev–Trinajstić information content (AvgIpc) is 2.94. The van der Waals surface area contributed by atoms with Crippen molar-refractivity contribution in [3.8, 4) is 0 Å². The second-order valence-corrected chi connectivity index (χ2v) is 6.15. The molecule has 4 heteroatoms. The number of carboxylic acid groups (broad SMARTS) is 1. The normalized spacial score (nSPS) is 33.9. The number of aliphatic carboxylic acids is 1. The molecule has 0 bridgehead atoms. The molecule has 0 amide bonds. The van der Waals surface area contributed by atoms with E-state index in [9.17, 15) is 15.0 Å². The second-order valence-electron chi connectivity index (χ2n) is 6.15. The van der Waals surface area contributed by atoms with Crippen molar-refractivity contribution in [3.63, 3.8) is 0 Å². The Kier molecular flexibility index (Phi) is 3.21. The zero-order chi connectivity index (χ0) is 12.7. The quantitative estimate of drug-likeness (QED) is 0.771. The fourth-order valence-corrected chi connectivity index (χ4v) is 2.79. The summed E-state index contributed by atoms with van der Waals surface area (Å²) in [5.74, 6) is -0.327. The lowest BCUT2D eigenvalue weighted by molar-refractivity contribution is -0.154. The number of rotatable bonds is 5. The molecule has 98 valence electrons. The van der Waals surface area contributed by atoms with Gasteiger partial charge in [-0.1, -0.05) is 0 Å². The highest BCUT2D eigenvalue weighted by Gasteiger charge is 2.55. The number of aliphatic hydroxyl groups is 1. The second kappa shape index (κ2) is 4.25. The van der Waals surface area contributed by atoms with Crippen molar-refractivity contribution in [2.75, 3.05) is 6.61 Å². The van der Waals surface area contributed by atoms with Gasteiger partial charge in [0.25, 0.3) is 0 Å². The van der Waals surface area contributed by atoms with Crippen LogP contribution < -0.4 is 0 Å². The van der Waals surface area contributed by atoms with E-state index in [0.717, 1.165) is 12.8 Å². The summed E-state index contributed by atoms with van der Waals surface area (Å²) in [6, 6.07) is 0. The minimum Gasteiger partial charge on any atom is -0.481 e. The highest BCUT2D eigenvalue weighted by atomic mass is 16.5. The molecule has 1 saturated heterocycles. The van der Waals surface area contributed by atoms with E-state index in [4.69, 9.17) is 4.74 Å². The van der Waals surface area contributed by atoms with Crippen LogP contribution in [0, 0.1) is 11.3 Å². The van der Waals surface area contributed by atoms with Crippen molar-refractivity contribution in [2.45, 2.75) is 57.7 Å². The van der Waals surface area contributed by atoms with Crippen LogP contribution >= 0.6 is 0 Å². The molecule has 2 fully saturated rings. The van der Waals surface area contributed by atoms with E-state index in [-0.39, 0.29) is 6.10 Å². The van der Waals surface area contributed by atoms with E-state index in [1.54, 1.807) is 13.8 Å². The Morgan fingerprint density at radius 3 is 2.59 bits per heavy atom. The Morgan fingerprint density at radius 2 is 2.12 bits per heavy atom. The molecule has 2 aliphatic rings. The van der Waals surface area contributed by atoms with E-state index in [1.165, 1.54) is 0 Å². The van der Waals surface area contributed by atoms with Gasteiger partial charge in [0, 0.05) is 6.61 Å². The minimum atomic E-state index is -0.806. The summed E-state index contributed by atoms with van der Waals surface area (Å²) in [7, 11) is 0. The smallest absolute Gasteiger partial charge is 0.312 e. The molecule has 1 heterocycles. The first-order valence-corrected chi connectivity index (χ1v) is 6.42. The molecule has 2 N–H and O–H groups in total. The molecular formula is C13H22O4. The van der Waals surface area contributed by atoms with Gasteiger partial charge in [-0.25, -0.2) is 0 Å². The van der Waals surface area contributed by atoms with Crippen molar-refractivity contribution in [2.24, 2.45) is 11.3 Å². The van der Waals surface area contributed by atoms with Crippen LogP contribution in [0.25, 0.3) is 0 Å². The molecule has 0 aromatic heterocycles. The van der Waals surface area contributed by atoms with Crippen molar-refractivity contribution in [1.82, 2.24) is 0 Å². The van der Waals surface area contributed by atoms with Crippen molar-refractivity contribution in [1.29, 1.82) is 0 Å². The predicted molar refractivity (Wildman–Crippen MR) is 62.7 cm³/mol. The molecule has 0 aromatic rings. The largest absolute Gasteiger partial charge is 0.481 e. The molecule has 2 atom stereocenters. The lowest BCUT2D eigenvalue weighted by Gasteiger charge is -2.32. The van der Waals surface area contributed by atoms with Crippen LogP contribution in [0.2, 0.25) is 0 Å². The van der Waals surface area contributed by atoms with E-state index >= 15 is 0 Å². The summed E-state index contributed by atoms with van der Waals surface area (Å²) in [6.07, 6.45) is 3.63. The fourth-order valence-electron chi connectivity index (χ4n) is 2.79. The van der Waals surface area contributed by atoms with Crippen LogP contribution in [0.1, 0.15) is 46.0 Å². The highest BCUT2D eigenvalue weighted by molar-refractivity contribution is 5.76. The van der Waals surface area contributed by atoms with Gasteiger partial charge in [0.15, 0.2) is 0 Å². The minimum absolute atomic E-state index is 0.137. The summed E-state index contributed by atoms with van der Waals surface area (Å²) < 4.78 is 5.66. The first-order chi connectivity index (χ1) is 7.85. The van der Waals surface area contributed by atoms with Gasteiger partial charge in [0.05, 0.1) is 17.1 Å². The van der Waals surface area contributed by atoms with Crippen LogP contribution in [-0.4, -0.2) is 34.5 Å². The zero-order valence-corrected chi connectivity index (χ0v) is 10.6. The average molecular weight is 242 g/mol. The van der Waals surface area contributed by atoms with E-state index in [1.807, 2.05) is 0 Å². The van der Waals surface area contributed by atoms with E-state index < -0.39 is 17.0 Å². The third-order valence-corrected chi connectivity index (χ3v) is 4.05. The summed E-state index contributed by atoms with van der Waals surface area (Å²) in [4.78, 5) is 11.6. The van der Waals surface area contributed by atoms with Crippen molar-refractivity contribution < 1.29 is 19.7 Å². The third-order valence-electron chi connectivity index (χ3n) is 4.05. The van der Waals surface area contributed by atoms with Crippen LogP contribution in [0.5, 0.6) is 0 Å². The maximum Gasteiger partial charge on any atom is 0.312 e. The topological polar surface area (TPSA) is 66.8 Å². The number of carboxylic acids is 1. The fraction of sp³-hybridized carbons (Fsp3) is 0.923. The molecule has 4 nitrogen and oxygen atoms in total. The Labute approximate surface area is 102 Å². The molecule has 1 aliphatic carbocycles. The Morgan fingerprint density at radius 1 is 1.47 bits per heavy atom. The molecule has 1 aliphatic heterocycles. The van der Waals surface area contributed by atoms with E-state index in [0.29, 0.717) is 31.8 Å². The molecular weight excluding hydrogens is 220 g/mol. The number of hydrogen-bond acceptors (Lipinski definition) is 3. The first kappa shape index (κ1) is 12.8. The lowest BCUT2D eigenvalue weighted by atomic mass is 9.73. The number of ether oxygens (including phenoxy) is 1. The van der Waals surface area contributed by atoms with Gasteiger partial charge in [-0.15, -0.1) is 0 Å². The maximum atomic E-state index is 11.6. The monoisotopic (exact) mass is 242 g/mol. The van der Waals surface area contributed by atoms with Gasteiger partial charge in [0.2, 0.25) is 0 Å². The van der Waals surface area contributed by atoms with Crippen LogP contribution in [0.3, 0.4) is 0 Å². The number of carbonyl (C=O) groups is 1. The molecule has 0 aromatic carbocycles. The summed E-state index contributed by atoms with van der Waals surface area (Å²) >= 11 is 0. The highest BCUT2D eigenvalue weighted by Crippen LogP contribution is 2.50. The summed E-state index contributed by atoms with van der Waals surface area (Å²) in [5, 5.41) is 19.3. The molecule has 17 heavy (non-hydrogen) atoms. The molecule has 0 radical (unpaired) electrons. The van der Waals surface area contributed by atoms with E-state index in [2.05, 4.69) is 0 Å². The first-order valence-electron chi connectivity index (χ1n) is 6.42. The van der Waals surface area contributed by atoms with Crippen molar-refractivity contribution >= 4 is 5.97 Å². The molecule has 0 spiro atoms. The lowest BCUT2D eigenvalue weighted by Crippen LogP contribution is -2.41. The Bertz CT molecular complexity index is 303. The summed E-state index contributed by atoms with van der Waals surface area (Å²) in [6.45, 7) is 3.99. The van der Waals surface area contributed by atoms with Gasteiger partial charge < -0.3 is 14.9 Å². The molecule has 2 unspecified atom stereocenters. The van der Waals surface area contributed by atoms with Crippen LogP contribution in [0.15, 0.2) is 0 Å². The molecule has 2 rings (SSSR count). The van der Waals surface area contributed by atoms with Gasteiger partial charge >= 0.3 is 5.97 Å². The van der Waals surface area contributed by atoms with Gasteiger partial charge in [-0.3, -0.25) is 4.79 Å². The third kappa shape index (κ3) is 2.63. The Hall–Kier alpha value is -0.610. The maximum absolute atomic E-state index is 11.6.